The van der Waals surface area contributed by atoms with Gasteiger partial charge in [-0.15, -0.1) is 5.10 Å². The Morgan fingerprint density at radius 2 is 2.18 bits per heavy atom. The summed E-state index contributed by atoms with van der Waals surface area (Å²) in [5, 5.41) is 26.3. The maximum atomic E-state index is 11.6. The second-order valence-electron chi connectivity index (χ2n) is 3.49. The Hall–Kier alpha value is -1.96. The van der Waals surface area contributed by atoms with Gasteiger partial charge >= 0.3 is 5.97 Å². The van der Waals surface area contributed by atoms with E-state index in [1.165, 1.54) is 6.92 Å². The van der Waals surface area contributed by atoms with Crippen molar-refractivity contribution in [3.63, 3.8) is 0 Å². The van der Waals surface area contributed by atoms with Crippen molar-refractivity contribution in [2.24, 2.45) is 0 Å². The first kappa shape index (κ1) is 13.1. The van der Waals surface area contributed by atoms with Crippen LogP contribution >= 0.6 is 0 Å². The molecule has 0 saturated heterocycles. The van der Waals surface area contributed by atoms with Crippen molar-refractivity contribution >= 4 is 11.9 Å². The summed E-state index contributed by atoms with van der Waals surface area (Å²) in [6.45, 7) is 3.10. The first-order valence-corrected chi connectivity index (χ1v) is 5.08. The average Bonchev–Trinajstić information content (AvgIpc) is 2.73. The monoisotopic (exact) mass is 242 g/mol. The molecule has 2 unspecified atom stereocenters. The van der Waals surface area contributed by atoms with Crippen molar-refractivity contribution in [2.45, 2.75) is 32.4 Å². The van der Waals surface area contributed by atoms with E-state index in [1.54, 1.807) is 0 Å². The molecule has 0 fully saturated rings. The van der Waals surface area contributed by atoms with Crippen LogP contribution in [0, 0.1) is 0 Å². The van der Waals surface area contributed by atoms with Crippen molar-refractivity contribution in [1.82, 2.24) is 20.5 Å². The summed E-state index contributed by atoms with van der Waals surface area (Å²) in [6.07, 6.45) is -0.625. The van der Waals surface area contributed by atoms with E-state index in [4.69, 9.17) is 5.11 Å². The number of aryl methyl sites for hydroxylation is 1. The highest BCUT2D eigenvalue weighted by Crippen LogP contribution is 1.98. The third-order valence-electron chi connectivity index (χ3n) is 2.10. The maximum absolute atomic E-state index is 11.6. The lowest BCUT2D eigenvalue weighted by atomic mass is 10.2. The van der Waals surface area contributed by atoms with Gasteiger partial charge in [-0.25, -0.2) is 9.78 Å². The van der Waals surface area contributed by atoms with Gasteiger partial charge < -0.3 is 15.5 Å². The zero-order chi connectivity index (χ0) is 13.0. The molecule has 94 valence electrons. The van der Waals surface area contributed by atoms with Gasteiger partial charge in [0.15, 0.2) is 6.04 Å². The van der Waals surface area contributed by atoms with Gasteiger partial charge in [-0.1, -0.05) is 6.92 Å². The number of nitrogens with zero attached hydrogens (tertiary/aromatic N) is 2. The fourth-order valence-electron chi connectivity index (χ4n) is 1.15. The molecule has 8 nitrogen and oxygen atoms in total. The fraction of sp³-hybridized carbons (Fsp3) is 0.556. The molecule has 17 heavy (non-hydrogen) atoms. The largest absolute Gasteiger partial charge is 0.480 e. The lowest BCUT2D eigenvalue weighted by Gasteiger charge is -2.15. The number of aliphatic hydroxyl groups excluding tert-OH is 1. The van der Waals surface area contributed by atoms with Crippen LogP contribution < -0.4 is 5.32 Å². The van der Waals surface area contributed by atoms with Crippen molar-refractivity contribution in [1.29, 1.82) is 0 Å². The predicted octanol–water partition coefficient (Wildman–Crippen LogP) is -1.07. The second kappa shape index (κ2) is 5.39. The van der Waals surface area contributed by atoms with Crippen LogP contribution in [0.5, 0.6) is 0 Å². The van der Waals surface area contributed by atoms with E-state index in [0.717, 1.165) is 0 Å². The first-order chi connectivity index (χ1) is 7.95. The zero-order valence-electron chi connectivity index (χ0n) is 9.47. The maximum Gasteiger partial charge on any atom is 0.328 e. The average molecular weight is 242 g/mol. The molecule has 1 aromatic heterocycles. The molecule has 8 heteroatoms. The highest BCUT2D eigenvalue weighted by Gasteiger charge is 2.26. The van der Waals surface area contributed by atoms with E-state index >= 15 is 0 Å². The molecule has 0 aromatic carbocycles. The van der Waals surface area contributed by atoms with E-state index < -0.39 is 24.0 Å². The number of hydrogen-bond acceptors (Lipinski definition) is 5. The lowest BCUT2D eigenvalue weighted by Crippen LogP contribution is -2.47. The normalized spacial score (nSPS) is 14.1. The van der Waals surface area contributed by atoms with Crippen LogP contribution in [0.4, 0.5) is 0 Å². The van der Waals surface area contributed by atoms with Crippen molar-refractivity contribution in [3.05, 3.63) is 11.6 Å². The molecule has 0 aliphatic carbocycles. The number of carbonyl (C=O) groups is 2. The Morgan fingerprint density at radius 1 is 1.53 bits per heavy atom. The quantitative estimate of drug-likeness (QED) is 0.520. The molecule has 1 amide bonds. The SMILES string of the molecule is CCc1nc(C(=O)NC(C(=O)O)C(C)O)n[nH]1. The number of carboxylic acid groups (broad SMARTS) is 1. The smallest absolute Gasteiger partial charge is 0.328 e. The third-order valence-corrected chi connectivity index (χ3v) is 2.10. The molecule has 0 aliphatic rings. The molecule has 0 aliphatic heterocycles. The van der Waals surface area contributed by atoms with Crippen LogP contribution in [0.15, 0.2) is 0 Å². The number of aliphatic carboxylic acids is 1. The first-order valence-electron chi connectivity index (χ1n) is 5.08. The number of aromatic nitrogens is 3. The molecule has 0 radical (unpaired) electrons. The standard InChI is InChI=1S/C9H14N4O4/c1-3-5-10-7(13-12-5)8(15)11-6(4(2)14)9(16)17/h4,6,14H,3H2,1-2H3,(H,11,15)(H,16,17)(H,10,12,13). The van der Waals surface area contributed by atoms with Crippen LogP contribution in [-0.4, -0.2) is 49.4 Å². The molecule has 0 bridgehead atoms. The molecule has 2 atom stereocenters. The van der Waals surface area contributed by atoms with E-state index in [2.05, 4.69) is 20.5 Å². The number of hydrogen-bond donors (Lipinski definition) is 4. The van der Waals surface area contributed by atoms with Gasteiger partial charge in [0, 0.05) is 6.42 Å². The van der Waals surface area contributed by atoms with Gasteiger partial charge in [-0.2, -0.15) is 0 Å². The van der Waals surface area contributed by atoms with Crippen LogP contribution in [0.3, 0.4) is 0 Å². The Labute approximate surface area is 97.1 Å². The van der Waals surface area contributed by atoms with Gasteiger partial charge in [0.2, 0.25) is 5.82 Å². The number of aromatic amines is 1. The summed E-state index contributed by atoms with van der Waals surface area (Å²) in [6, 6.07) is -1.38. The summed E-state index contributed by atoms with van der Waals surface area (Å²) in [5.74, 6) is -1.68. The lowest BCUT2D eigenvalue weighted by molar-refractivity contribution is -0.141. The minimum Gasteiger partial charge on any atom is -0.480 e. The number of H-pyrrole nitrogens is 1. The molecule has 0 spiro atoms. The van der Waals surface area contributed by atoms with Gasteiger partial charge in [-0.05, 0) is 6.92 Å². The van der Waals surface area contributed by atoms with Crippen molar-refractivity contribution in [3.8, 4) is 0 Å². The van der Waals surface area contributed by atoms with Crippen molar-refractivity contribution in [2.75, 3.05) is 0 Å². The molecule has 1 aromatic rings. The minimum atomic E-state index is -1.38. The number of amides is 1. The molecule has 1 heterocycles. The molecule has 4 N–H and O–H groups in total. The summed E-state index contributed by atoms with van der Waals surface area (Å²) < 4.78 is 0. The zero-order valence-corrected chi connectivity index (χ0v) is 9.47. The second-order valence-corrected chi connectivity index (χ2v) is 3.49. The van der Waals surface area contributed by atoms with Crippen molar-refractivity contribution < 1.29 is 19.8 Å². The number of carboxylic acids is 1. The Kier molecular flexibility index (Phi) is 4.16. The Balaban J connectivity index is 2.73. The fourth-order valence-corrected chi connectivity index (χ4v) is 1.15. The summed E-state index contributed by atoms with van der Waals surface area (Å²) in [7, 11) is 0. The molecule has 1 rings (SSSR count). The van der Waals surface area contributed by atoms with E-state index in [0.29, 0.717) is 12.2 Å². The van der Waals surface area contributed by atoms with Gasteiger partial charge in [0.1, 0.15) is 5.82 Å². The minimum absolute atomic E-state index is 0.145. The summed E-state index contributed by atoms with van der Waals surface area (Å²) >= 11 is 0. The third kappa shape index (κ3) is 3.25. The number of rotatable bonds is 5. The summed E-state index contributed by atoms with van der Waals surface area (Å²) in [4.78, 5) is 26.2. The van der Waals surface area contributed by atoms with Gasteiger partial charge in [-0.3, -0.25) is 9.89 Å². The highest BCUT2D eigenvalue weighted by atomic mass is 16.4. The van der Waals surface area contributed by atoms with E-state index in [9.17, 15) is 14.7 Å². The van der Waals surface area contributed by atoms with Crippen LogP contribution in [-0.2, 0) is 11.2 Å². The Morgan fingerprint density at radius 3 is 2.59 bits per heavy atom. The van der Waals surface area contributed by atoms with Gasteiger partial charge in [0.25, 0.3) is 5.91 Å². The highest BCUT2D eigenvalue weighted by molar-refractivity contribution is 5.93. The number of aliphatic hydroxyl groups is 1. The summed E-state index contributed by atoms with van der Waals surface area (Å²) in [5.41, 5.74) is 0. The number of carbonyl (C=O) groups excluding carboxylic acids is 1. The predicted molar refractivity (Wildman–Crippen MR) is 56.3 cm³/mol. The van der Waals surface area contributed by atoms with Crippen LogP contribution in [0.2, 0.25) is 0 Å². The van der Waals surface area contributed by atoms with Crippen LogP contribution in [0.25, 0.3) is 0 Å². The topological polar surface area (TPSA) is 128 Å². The molecular formula is C9H14N4O4. The van der Waals surface area contributed by atoms with Gasteiger partial charge in [0.05, 0.1) is 6.10 Å². The van der Waals surface area contributed by atoms with E-state index in [1.807, 2.05) is 6.92 Å². The molecular weight excluding hydrogens is 228 g/mol. The van der Waals surface area contributed by atoms with Crippen LogP contribution in [0.1, 0.15) is 30.3 Å². The Bertz CT molecular complexity index is 415. The number of nitrogens with one attached hydrogen (secondary N) is 2. The van der Waals surface area contributed by atoms with E-state index in [-0.39, 0.29) is 5.82 Å². The molecule has 0 saturated carbocycles.